The summed E-state index contributed by atoms with van der Waals surface area (Å²) in [5, 5.41) is -0.366. The third kappa shape index (κ3) is 4.06. The molecule has 0 fully saturated rings. The van der Waals surface area contributed by atoms with Gasteiger partial charge in [0.2, 0.25) is 10.0 Å². The van der Waals surface area contributed by atoms with E-state index in [1.165, 1.54) is 18.2 Å². The second-order valence-electron chi connectivity index (χ2n) is 4.20. The minimum absolute atomic E-state index is 0.000596. The Morgan fingerprint density at radius 1 is 1.05 bits per heavy atom. The maximum absolute atomic E-state index is 13.5. The quantitative estimate of drug-likeness (QED) is 0.896. The minimum Gasteiger partial charge on any atom is -0.280 e. The second kappa shape index (κ2) is 6.17. The van der Waals surface area contributed by atoms with Gasteiger partial charge in [0.15, 0.2) is 0 Å². The van der Waals surface area contributed by atoms with E-state index in [1.807, 2.05) is 0 Å². The summed E-state index contributed by atoms with van der Waals surface area (Å²) in [6.07, 6.45) is 0. The van der Waals surface area contributed by atoms with Crippen LogP contribution >= 0.6 is 23.2 Å². The summed E-state index contributed by atoms with van der Waals surface area (Å²) >= 11 is 11.5. The van der Waals surface area contributed by atoms with E-state index in [1.54, 1.807) is 0 Å². The van der Waals surface area contributed by atoms with E-state index in [-0.39, 0.29) is 21.3 Å². The summed E-state index contributed by atoms with van der Waals surface area (Å²) in [5.74, 6) is -1.93. The highest BCUT2D eigenvalue weighted by Gasteiger charge is 2.18. The van der Waals surface area contributed by atoms with Gasteiger partial charge in [0.1, 0.15) is 11.6 Å². The van der Waals surface area contributed by atoms with Gasteiger partial charge in [-0.15, -0.1) is 0 Å². The first-order chi connectivity index (χ1) is 9.78. The monoisotopic (exact) mass is 351 g/mol. The van der Waals surface area contributed by atoms with E-state index in [0.717, 1.165) is 18.2 Å². The van der Waals surface area contributed by atoms with Gasteiger partial charge in [0.05, 0.1) is 21.5 Å². The molecular formula is C13H9Cl2F2NO2S. The smallest absolute Gasteiger partial charge is 0.237 e. The van der Waals surface area contributed by atoms with Gasteiger partial charge in [-0.1, -0.05) is 41.4 Å². The standard InChI is InChI=1S/C13H9Cl2F2NO2S/c14-10-5-9(16)6-11(15)13(10)18-21(19,20)7-8-3-1-2-4-12(8)17/h1-6,18H,7H2. The van der Waals surface area contributed by atoms with Gasteiger partial charge < -0.3 is 0 Å². The van der Waals surface area contributed by atoms with Crippen molar-refractivity contribution in [3.05, 3.63) is 63.6 Å². The molecule has 0 saturated heterocycles. The average Bonchev–Trinajstić information content (AvgIpc) is 2.36. The first-order valence-corrected chi connectivity index (χ1v) is 8.08. The Morgan fingerprint density at radius 3 is 2.19 bits per heavy atom. The number of benzene rings is 2. The van der Waals surface area contributed by atoms with Crippen LogP contribution in [0.25, 0.3) is 0 Å². The van der Waals surface area contributed by atoms with Gasteiger partial charge in [0, 0.05) is 5.56 Å². The number of nitrogens with one attached hydrogen (secondary N) is 1. The van der Waals surface area contributed by atoms with Gasteiger partial charge in [-0.3, -0.25) is 4.72 Å². The molecule has 0 spiro atoms. The lowest BCUT2D eigenvalue weighted by Crippen LogP contribution is -2.16. The molecule has 0 unspecified atom stereocenters. The van der Waals surface area contributed by atoms with Gasteiger partial charge in [-0.25, -0.2) is 17.2 Å². The number of halogens is 4. The highest BCUT2D eigenvalue weighted by Crippen LogP contribution is 2.32. The molecule has 0 atom stereocenters. The summed E-state index contributed by atoms with van der Waals surface area (Å²) in [4.78, 5) is 0. The van der Waals surface area contributed by atoms with Crippen LogP contribution in [-0.4, -0.2) is 8.42 Å². The fourth-order valence-corrected chi connectivity index (χ4v) is 3.57. The summed E-state index contributed by atoms with van der Waals surface area (Å²) in [6, 6.07) is 7.33. The molecule has 8 heteroatoms. The van der Waals surface area contributed by atoms with Crippen LogP contribution in [0.2, 0.25) is 10.0 Å². The van der Waals surface area contributed by atoms with Crippen LogP contribution in [0.15, 0.2) is 36.4 Å². The van der Waals surface area contributed by atoms with Crippen molar-refractivity contribution < 1.29 is 17.2 Å². The predicted molar refractivity (Wildman–Crippen MR) is 79.1 cm³/mol. The van der Waals surface area contributed by atoms with E-state index in [4.69, 9.17) is 23.2 Å². The molecule has 0 amide bonds. The zero-order valence-electron chi connectivity index (χ0n) is 10.4. The van der Waals surface area contributed by atoms with Crippen LogP contribution < -0.4 is 4.72 Å². The maximum atomic E-state index is 13.5. The van der Waals surface area contributed by atoms with Crippen LogP contribution in [0, 0.1) is 11.6 Å². The molecule has 1 N–H and O–H groups in total. The van der Waals surface area contributed by atoms with Crippen LogP contribution in [0.3, 0.4) is 0 Å². The largest absolute Gasteiger partial charge is 0.280 e. The molecule has 21 heavy (non-hydrogen) atoms. The Kier molecular flexibility index (Phi) is 4.70. The Labute approximate surface area is 130 Å². The van der Waals surface area contributed by atoms with Crippen molar-refractivity contribution in [1.82, 2.24) is 0 Å². The number of anilines is 1. The molecule has 0 saturated carbocycles. The first-order valence-electron chi connectivity index (χ1n) is 5.67. The van der Waals surface area contributed by atoms with Gasteiger partial charge in [-0.2, -0.15) is 0 Å². The molecule has 0 aliphatic rings. The molecule has 0 radical (unpaired) electrons. The fourth-order valence-electron chi connectivity index (χ4n) is 1.65. The van der Waals surface area contributed by atoms with E-state index in [0.29, 0.717) is 0 Å². The second-order valence-corrected chi connectivity index (χ2v) is 6.73. The van der Waals surface area contributed by atoms with Crippen molar-refractivity contribution in [3.8, 4) is 0 Å². The van der Waals surface area contributed by atoms with Crippen LogP contribution in [0.1, 0.15) is 5.56 Å². The topological polar surface area (TPSA) is 46.2 Å². The van der Waals surface area contributed by atoms with Gasteiger partial charge in [0.25, 0.3) is 0 Å². The third-order valence-electron chi connectivity index (χ3n) is 2.57. The maximum Gasteiger partial charge on any atom is 0.237 e. The van der Waals surface area contributed by atoms with Crippen molar-refractivity contribution in [2.45, 2.75) is 5.75 Å². The van der Waals surface area contributed by atoms with E-state index in [2.05, 4.69) is 4.72 Å². The Bertz CT molecular complexity index is 758. The number of hydrogen-bond donors (Lipinski definition) is 1. The fraction of sp³-hybridized carbons (Fsp3) is 0.0769. The molecule has 0 heterocycles. The summed E-state index contributed by atoms with van der Waals surface area (Å²) < 4.78 is 52.7. The molecule has 2 aromatic carbocycles. The molecule has 112 valence electrons. The average molecular weight is 352 g/mol. The lowest BCUT2D eigenvalue weighted by molar-refractivity contribution is 0.591. The van der Waals surface area contributed by atoms with Crippen molar-refractivity contribution in [2.24, 2.45) is 0 Å². The third-order valence-corrected chi connectivity index (χ3v) is 4.37. The highest BCUT2D eigenvalue weighted by atomic mass is 35.5. The molecule has 0 bridgehead atoms. The summed E-state index contributed by atoms with van der Waals surface area (Å²) in [5.41, 5.74) is -0.143. The molecule has 0 aliphatic heterocycles. The number of rotatable bonds is 4. The van der Waals surface area contributed by atoms with Crippen LogP contribution in [0.5, 0.6) is 0 Å². The van der Waals surface area contributed by atoms with Crippen molar-refractivity contribution in [1.29, 1.82) is 0 Å². The molecular weight excluding hydrogens is 343 g/mol. The van der Waals surface area contributed by atoms with Crippen molar-refractivity contribution in [3.63, 3.8) is 0 Å². The first kappa shape index (κ1) is 16.0. The molecule has 2 aromatic rings. The van der Waals surface area contributed by atoms with Gasteiger partial charge >= 0.3 is 0 Å². The molecule has 0 aromatic heterocycles. The Hall–Kier alpha value is -1.37. The van der Waals surface area contributed by atoms with E-state index < -0.39 is 27.4 Å². The van der Waals surface area contributed by atoms with E-state index >= 15 is 0 Å². The number of sulfonamides is 1. The lowest BCUT2D eigenvalue weighted by Gasteiger charge is -2.11. The summed E-state index contributed by atoms with van der Waals surface area (Å²) in [7, 11) is -3.95. The molecule has 3 nitrogen and oxygen atoms in total. The predicted octanol–water partition coefficient (Wildman–Crippen LogP) is 4.21. The zero-order valence-corrected chi connectivity index (χ0v) is 12.7. The Balaban J connectivity index is 2.29. The van der Waals surface area contributed by atoms with Crippen LogP contribution in [-0.2, 0) is 15.8 Å². The zero-order chi connectivity index (χ0) is 15.6. The van der Waals surface area contributed by atoms with E-state index in [9.17, 15) is 17.2 Å². The highest BCUT2D eigenvalue weighted by molar-refractivity contribution is 7.91. The minimum atomic E-state index is -3.95. The number of hydrogen-bond acceptors (Lipinski definition) is 2. The lowest BCUT2D eigenvalue weighted by atomic mass is 10.2. The SMILES string of the molecule is O=S(=O)(Cc1ccccc1F)Nc1c(Cl)cc(F)cc1Cl. The molecule has 0 aliphatic carbocycles. The van der Waals surface area contributed by atoms with Crippen molar-refractivity contribution in [2.75, 3.05) is 4.72 Å². The normalized spacial score (nSPS) is 11.4. The van der Waals surface area contributed by atoms with Crippen molar-refractivity contribution >= 4 is 38.9 Å². The van der Waals surface area contributed by atoms with Gasteiger partial charge in [-0.05, 0) is 18.2 Å². The summed E-state index contributed by atoms with van der Waals surface area (Å²) in [6.45, 7) is 0. The molecule has 2 rings (SSSR count). The van der Waals surface area contributed by atoms with Crippen LogP contribution in [0.4, 0.5) is 14.5 Å². The Morgan fingerprint density at radius 2 is 1.62 bits per heavy atom.